The summed E-state index contributed by atoms with van der Waals surface area (Å²) in [6.45, 7) is 1.59. The maximum absolute atomic E-state index is 13.6. The van der Waals surface area contributed by atoms with Gasteiger partial charge in [0.2, 0.25) is 0 Å². The van der Waals surface area contributed by atoms with Crippen molar-refractivity contribution in [2.45, 2.75) is 12.8 Å². The Kier molecular flexibility index (Phi) is 3.81. The number of nitrogens with zero attached hydrogens (tertiary/aromatic N) is 2. The smallest absolute Gasteiger partial charge is 0.255 e. The van der Waals surface area contributed by atoms with E-state index < -0.39 is 0 Å². The van der Waals surface area contributed by atoms with Gasteiger partial charge in [0.05, 0.1) is 23.1 Å². The van der Waals surface area contributed by atoms with E-state index in [1.54, 1.807) is 36.7 Å². The lowest BCUT2D eigenvalue weighted by Gasteiger charge is -2.15. The van der Waals surface area contributed by atoms with Crippen LogP contribution in [0.4, 0.5) is 15.8 Å². The standard InChI is InChI=1S/C16H16FN3O/c17-14-5-1-2-6-15(14)19-13-9-12(10-18-11-13)16(21)20-7-3-4-8-20/h1-2,5-6,9-11,19H,3-4,7-8H2. The van der Waals surface area contributed by atoms with Crippen molar-refractivity contribution in [1.29, 1.82) is 0 Å². The van der Waals surface area contributed by atoms with Gasteiger partial charge in [0, 0.05) is 19.3 Å². The summed E-state index contributed by atoms with van der Waals surface area (Å²) < 4.78 is 13.6. The van der Waals surface area contributed by atoms with Crippen LogP contribution < -0.4 is 5.32 Å². The molecule has 1 amide bonds. The van der Waals surface area contributed by atoms with Gasteiger partial charge in [-0.1, -0.05) is 12.1 Å². The summed E-state index contributed by atoms with van der Waals surface area (Å²) >= 11 is 0. The number of benzene rings is 1. The molecule has 0 spiro atoms. The van der Waals surface area contributed by atoms with E-state index in [9.17, 15) is 9.18 Å². The van der Waals surface area contributed by atoms with Gasteiger partial charge < -0.3 is 10.2 Å². The van der Waals surface area contributed by atoms with Crippen LogP contribution >= 0.6 is 0 Å². The molecule has 1 aromatic heterocycles. The average Bonchev–Trinajstić information content (AvgIpc) is 3.03. The molecule has 0 bridgehead atoms. The van der Waals surface area contributed by atoms with E-state index in [2.05, 4.69) is 10.3 Å². The fourth-order valence-corrected chi connectivity index (χ4v) is 2.45. The molecule has 1 N–H and O–H groups in total. The SMILES string of the molecule is O=C(c1cncc(Nc2ccccc2F)c1)N1CCCC1. The van der Waals surface area contributed by atoms with Crippen molar-refractivity contribution in [3.63, 3.8) is 0 Å². The zero-order valence-electron chi connectivity index (χ0n) is 11.6. The van der Waals surface area contributed by atoms with Crippen molar-refractivity contribution in [1.82, 2.24) is 9.88 Å². The monoisotopic (exact) mass is 285 g/mol. The highest BCUT2D eigenvalue weighted by Crippen LogP contribution is 2.20. The van der Waals surface area contributed by atoms with Gasteiger partial charge >= 0.3 is 0 Å². The van der Waals surface area contributed by atoms with Crippen molar-refractivity contribution >= 4 is 17.3 Å². The zero-order valence-corrected chi connectivity index (χ0v) is 11.6. The molecule has 2 heterocycles. The predicted molar refractivity (Wildman–Crippen MR) is 79.1 cm³/mol. The van der Waals surface area contributed by atoms with Crippen molar-refractivity contribution in [2.75, 3.05) is 18.4 Å². The second-order valence-electron chi connectivity index (χ2n) is 5.07. The van der Waals surface area contributed by atoms with Gasteiger partial charge in [0.25, 0.3) is 5.91 Å². The van der Waals surface area contributed by atoms with Crippen molar-refractivity contribution < 1.29 is 9.18 Å². The molecule has 3 rings (SSSR count). The summed E-state index contributed by atoms with van der Waals surface area (Å²) in [6.07, 6.45) is 5.22. The fourth-order valence-electron chi connectivity index (χ4n) is 2.45. The second-order valence-corrected chi connectivity index (χ2v) is 5.07. The van der Waals surface area contributed by atoms with Crippen LogP contribution in [0.5, 0.6) is 0 Å². The molecule has 0 radical (unpaired) electrons. The van der Waals surface area contributed by atoms with Gasteiger partial charge in [-0.2, -0.15) is 0 Å². The summed E-state index contributed by atoms with van der Waals surface area (Å²) in [5, 5.41) is 2.95. The van der Waals surface area contributed by atoms with Gasteiger partial charge in [-0.15, -0.1) is 0 Å². The maximum atomic E-state index is 13.6. The minimum absolute atomic E-state index is 0.0165. The molecule has 1 aliphatic rings. The quantitative estimate of drug-likeness (QED) is 0.942. The van der Waals surface area contributed by atoms with Crippen LogP contribution in [0, 0.1) is 5.82 Å². The molecule has 0 unspecified atom stereocenters. The van der Waals surface area contributed by atoms with E-state index in [0.717, 1.165) is 25.9 Å². The number of hydrogen-bond acceptors (Lipinski definition) is 3. The van der Waals surface area contributed by atoms with E-state index in [1.807, 2.05) is 4.90 Å². The first-order chi connectivity index (χ1) is 10.2. The largest absolute Gasteiger partial charge is 0.352 e. The van der Waals surface area contributed by atoms with Gasteiger partial charge in [0.1, 0.15) is 5.82 Å². The molecule has 1 aliphatic heterocycles. The minimum atomic E-state index is -0.339. The first-order valence-corrected chi connectivity index (χ1v) is 7.00. The number of likely N-dealkylation sites (tertiary alicyclic amines) is 1. The molecule has 0 aliphatic carbocycles. The Hall–Kier alpha value is -2.43. The number of anilines is 2. The Bertz CT molecular complexity index is 653. The van der Waals surface area contributed by atoms with Crippen LogP contribution in [-0.4, -0.2) is 28.9 Å². The third-order valence-electron chi connectivity index (χ3n) is 3.53. The molecule has 2 aromatic rings. The second kappa shape index (κ2) is 5.91. The van der Waals surface area contributed by atoms with Crippen LogP contribution in [0.1, 0.15) is 23.2 Å². The summed E-state index contributed by atoms with van der Waals surface area (Å²) in [7, 11) is 0. The molecule has 4 nitrogen and oxygen atoms in total. The maximum Gasteiger partial charge on any atom is 0.255 e. The molecule has 108 valence electrons. The average molecular weight is 285 g/mol. The summed E-state index contributed by atoms with van der Waals surface area (Å²) in [5.74, 6) is -0.356. The highest BCUT2D eigenvalue weighted by atomic mass is 19.1. The highest BCUT2D eigenvalue weighted by Gasteiger charge is 2.19. The van der Waals surface area contributed by atoms with Crippen molar-refractivity contribution in [3.8, 4) is 0 Å². The Morgan fingerprint density at radius 2 is 1.95 bits per heavy atom. The van der Waals surface area contributed by atoms with E-state index >= 15 is 0 Å². The summed E-state index contributed by atoms with van der Waals surface area (Å²) in [6, 6.07) is 8.11. The van der Waals surface area contributed by atoms with E-state index in [0.29, 0.717) is 16.9 Å². The number of rotatable bonds is 3. The third kappa shape index (κ3) is 3.02. The number of amides is 1. The lowest BCUT2D eigenvalue weighted by molar-refractivity contribution is 0.0792. The molecule has 21 heavy (non-hydrogen) atoms. The number of carbonyl (C=O) groups is 1. The van der Waals surface area contributed by atoms with Gasteiger partial charge in [-0.05, 0) is 31.0 Å². The number of nitrogens with one attached hydrogen (secondary N) is 1. The lowest BCUT2D eigenvalue weighted by atomic mass is 10.2. The minimum Gasteiger partial charge on any atom is -0.352 e. The third-order valence-corrected chi connectivity index (χ3v) is 3.53. The van der Waals surface area contributed by atoms with E-state index in [4.69, 9.17) is 0 Å². The zero-order chi connectivity index (χ0) is 14.7. The number of pyridine rings is 1. The van der Waals surface area contributed by atoms with E-state index in [-0.39, 0.29) is 11.7 Å². The number of aromatic nitrogens is 1. The topological polar surface area (TPSA) is 45.2 Å². The molecule has 1 aromatic carbocycles. The van der Waals surface area contributed by atoms with Crippen LogP contribution in [-0.2, 0) is 0 Å². The number of para-hydroxylation sites is 1. The van der Waals surface area contributed by atoms with Gasteiger partial charge in [0.15, 0.2) is 0 Å². The molecule has 5 heteroatoms. The number of carbonyl (C=O) groups excluding carboxylic acids is 1. The molecule has 1 fully saturated rings. The first-order valence-electron chi connectivity index (χ1n) is 7.00. The van der Waals surface area contributed by atoms with Crippen LogP contribution in [0.2, 0.25) is 0 Å². The number of halogens is 1. The Labute approximate surface area is 122 Å². The summed E-state index contributed by atoms with van der Waals surface area (Å²) in [5.41, 5.74) is 1.49. The molecule has 1 saturated heterocycles. The van der Waals surface area contributed by atoms with Crippen molar-refractivity contribution in [3.05, 3.63) is 54.1 Å². The van der Waals surface area contributed by atoms with Crippen LogP contribution in [0.25, 0.3) is 0 Å². The predicted octanol–water partition coefficient (Wildman–Crippen LogP) is 3.20. The van der Waals surface area contributed by atoms with Crippen LogP contribution in [0.15, 0.2) is 42.7 Å². The van der Waals surface area contributed by atoms with Gasteiger partial charge in [-0.3, -0.25) is 9.78 Å². The normalized spacial score (nSPS) is 14.2. The van der Waals surface area contributed by atoms with Crippen molar-refractivity contribution in [2.24, 2.45) is 0 Å². The Morgan fingerprint density at radius 3 is 2.71 bits per heavy atom. The first kappa shape index (κ1) is 13.5. The Balaban J connectivity index is 1.80. The van der Waals surface area contributed by atoms with Gasteiger partial charge in [-0.25, -0.2) is 4.39 Å². The Morgan fingerprint density at radius 1 is 1.19 bits per heavy atom. The van der Waals surface area contributed by atoms with Crippen LogP contribution in [0.3, 0.4) is 0 Å². The highest BCUT2D eigenvalue weighted by molar-refractivity contribution is 5.95. The summed E-state index contributed by atoms with van der Waals surface area (Å²) in [4.78, 5) is 18.2. The number of hydrogen-bond donors (Lipinski definition) is 1. The van der Waals surface area contributed by atoms with E-state index in [1.165, 1.54) is 6.07 Å². The molecule has 0 saturated carbocycles. The molecular weight excluding hydrogens is 269 g/mol. The fraction of sp³-hybridized carbons (Fsp3) is 0.250. The molecular formula is C16H16FN3O. The lowest BCUT2D eigenvalue weighted by Crippen LogP contribution is -2.27. The molecule has 0 atom stereocenters.